The largest absolute Gasteiger partial charge is 0.376 e. The van der Waals surface area contributed by atoms with Crippen molar-refractivity contribution in [2.75, 3.05) is 33.3 Å². The standard InChI is InChI=1S/C9H20N2O/c1-8-7-12-9(2)6-11(8)5-4-10-3/h8-10H,4-7H2,1-3H3. The van der Waals surface area contributed by atoms with Gasteiger partial charge in [0.2, 0.25) is 0 Å². The lowest BCUT2D eigenvalue weighted by Gasteiger charge is -2.36. The Morgan fingerprint density at radius 2 is 2.25 bits per heavy atom. The van der Waals surface area contributed by atoms with Crippen molar-refractivity contribution in [1.29, 1.82) is 0 Å². The van der Waals surface area contributed by atoms with Crippen LogP contribution in [0.2, 0.25) is 0 Å². The average molecular weight is 172 g/mol. The van der Waals surface area contributed by atoms with E-state index in [4.69, 9.17) is 4.74 Å². The molecule has 1 aliphatic heterocycles. The first-order valence-electron chi connectivity index (χ1n) is 4.74. The van der Waals surface area contributed by atoms with Gasteiger partial charge in [0.25, 0.3) is 0 Å². The van der Waals surface area contributed by atoms with Gasteiger partial charge in [-0.05, 0) is 20.9 Å². The lowest BCUT2D eigenvalue weighted by Crippen LogP contribution is -2.49. The molecule has 3 heteroatoms. The fourth-order valence-corrected chi connectivity index (χ4v) is 1.54. The van der Waals surface area contributed by atoms with Crippen LogP contribution in [0.15, 0.2) is 0 Å². The van der Waals surface area contributed by atoms with Crippen molar-refractivity contribution in [3.8, 4) is 0 Å². The molecule has 1 saturated heterocycles. The van der Waals surface area contributed by atoms with Gasteiger partial charge in [0.1, 0.15) is 0 Å². The SMILES string of the molecule is CNCCN1CC(C)OCC1C. The molecule has 1 fully saturated rings. The minimum atomic E-state index is 0.401. The quantitative estimate of drug-likeness (QED) is 0.663. The minimum Gasteiger partial charge on any atom is -0.376 e. The molecular formula is C9H20N2O. The van der Waals surface area contributed by atoms with Crippen LogP contribution >= 0.6 is 0 Å². The Morgan fingerprint density at radius 3 is 2.92 bits per heavy atom. The molecule has 0 aliphatic carbocycles. The molecule has 0 bridgehead atoms. The summed E-state index contributed by atoms with van der Waals surface area (Å²) in [6.45, 7) is 8.51. The van der Waals surface area contributed by atoms with Crippen molar-refractivity contribution in [2.45, 2.75) is 26.0 Å². The van der Waals surface area contributed by atoms with Gasteiger partial charge in [0.15, 0.2) is 0 Å². The highest BCUT2D eigenvalue weighted by atomic mass is 16.5. The van der Waals surface area contributed by atoms with Gasteiger partial charge >= 0.3 is 0 Å². The van der Waals surface area contributed by atoms with E-state index in [2.05, 4.69) is 24.1 Å². The van der Waals surface area contributed by atoms with Gasteiger partial charge in [-0.3, -0.25) is 4.90 Å². The van der Waals surface area contributed by atoms with Gasteiger partial charge < -0.3 is 10.1 Å². The first-order chi connectivity index (χ1) is 5.74. The van der Waals surface area contributed by atoms with E-state index in [1.54, 1.807) is 0 Å². The lowest BCUT2D eigenvalue weighted by atomic mass is 10.2. The monoisotopic (exact) mass is 172 g/mol. The molecule has 0 aromatic carbocycles. The highest BCUT2D eigenvalue weighted by Crippen LogP contribution is 2.09. The molecule has 1 heterocycles. The van der Waals surface area contributed by atoms with Crippen molar-refractivity contribution in [2.24, 2.45) is 0 Å². The van der Waals surface area contributed by atoms with E-state index in [1.807, 2.05) is 7.05 Å². The van der Waals surface area contributed by atoms with Crippen molar-refractivity contribution in [1.82, 2.24) is 10.2 Å². The summed E-state index contributed by atoms with van der Waals surface area (Å²) in [6.07, 6.45) is 0.401. The van der Waals surface area contributed by atoms with Crippen molar-refractivity contribution < 1.29 is 4.74 Å². The van der Waals surface area contributed by atoms with Gasteiger partial charge in [-0.2, -0.15) is 0 Å². The second kappa shape index (κ2) is 4.80. The van der Waals surface area contributed by atoms with E-state index >= 15 is 0 Å². The van der Waals surface area contributed by atoms with Crippen LogP contribution in [0.3, 0.4) is 0 Å². The van der Waals surface area contributed by atoms with Crippen LogP contribution in [0, 0.1) is 0 Å². The van der Waals surface area contributed by atoms with Gasteiger partial charge in [-0.25, -0.2) is 0 Å². The fraction of sp³-hybridized carbons (Fsp3) is 1.00. The number of likely N-dealkylation sites (N-methyl/N-ethyl adjacent to an activating group) is 1. The Balaban J connectivity index is 2.28. The molecule has 12 heavy (non-hydrogen) atoms. The molecule has 1 N–H and O–H groups in total. The summed E-state index contributed by atoms with van der Waals surface area (Å²) in [5.74, 6) is 0. The molecule has 72 valence electrons. The zero-order valence-electron chi connectivity index (χ0n) is 8.34. The smallest absolute Gasteiger partial charge is 0.0674 e. The second-order valence-electron chi connectivity index (χ2n) is 3.59. The molecule has 0 amide bonds. The van der Waals surface area contributed by atoms with Crippen LogP contribution in [0.4, 0.5) is 0 Å². The first kappa shape index (κ1) is 9.96. The van der Waals surface area contributed by atoms with Gasteiger partial charge in [-0.1, -0.05) is 0 Å². The highest BCUT2D eigenvalue weighted by Gasteiger charge is 2.22. The highest BCUT2D eigenvalue weighted by molar-refractivity contribution is 4.75. The normalized spacial score (nSPS) is 32.2. The topological polar surface area (TPSA) is 24.5 Å². The number of hydrogen-bond acceptors (Lipinski definition) is 3. The summed E-state index contributed by atoms with van der Waals surface area (Å²) in [4.78, 5) is 2.48. The Hall–Kier alpha value is -0.120. The maximum Gasteiger partial charge on any atom is 0.0674 e. The predicted octanol–water partition coefficient (Wildman–Crippen LogP) is 0.315. The average Bonchev–Trinajstić information content (AvgIpc) is 2.07. The van der Waals surface area contributed by atoms with Gasteiger partial charge in [0.05, 0.1) is 12.7 Å². The summed E-state index contributed by atoms with van der Waals surface area (Å²) >= 11 is 0. The number of nitrogens with one attached hydrogen (secondary N) is 1. The van der Waals surface area contributed by atoms with Crippen LogP contribution in [0.25, 0.3) is 0 Å². The third-order valence-corrected chi connectivity index (χ3v) is 2.39. The van der Waals surface area contributed by atoms with Crippen LogP contribution in [-0.4, -0.2) is 50.3 Å². The Labute approximate surface area is 75.1 Å². The predicted molar refractivity (Wildman–Crippen MR) is 50.4 cm³/mol. The van der Waals surface area contributed by atoms with Gasteiger partial charge in [0, 0.05) is 25.7 Å². The Morgan fingerprint density at radius 1 is 1.50 bits per heavy atom. The number of nitrogens with zero attached hydrogens (tertiary/aromatic N) is 1. The molecule has 3 nitrogen and oxygen atoms in total. The van der Waals surface area contributed by atoms with E-state index < -0.39 is 0 Å². The number of morpholine rings is 1. The molecule has 0 spiro atoms. The van der Waals surface area contributed by atoms with E-state index in [-0.39, 0.29) is 0 Å². The third-order valence-electron chi connectivity index (χ3n) is 2.39. The molecule has 2 atom stereocenters. The molecule has 0 saturated carbocycles. The minimum absolute atomic E-state index is 0.401. The van der Waals surface area contributed by atoms with Gasteiger partial charge in [-0.15, -0.1) is 0 Å². The Bertz CT molecular complexity index is 130. The summed E-state index contributed by atoms with van der Waals surface area (Å²) in [7, 11) is 1.99. The molecule has 1 aliphatic rings. The van der Waals surface area contributed by atoms with Crippen LogP contribution in [0.1, 0.15) is 13.8 Å². The van der Waals surface area contributed by atoms with Crippen LogP contribution in [-0.2, 0) is 4.74 Å². The lowest BCUT2D eigenvalue weighted by molar-refractivity contribution is -0.0484. The van der Waals surface area contributed by atoms with Crippen LogP contribution < -0.4 is 5.32 Å². The summed E-state index contributed by atoms with van der Waals surface area (Å²) < 4.78 is 5.54. The summed E-state index contributed by atoms with van der Waals surface area (Å²) in [5, 5.41) is 3.17. The Kier molecular flexibility index (Phi) is 3.98. The maximum absolute atomic E-state index is 5.54. The summed E-state index contributed by atoms with van der Waals surface area (Å²) in [5.41, 5.74) is 0. The zero-order chi connectivity index (χ0) is 8.97. The maximum atomic E-state index is 5.54. The van der Waals surface area contributed by atoms with Crippen molar-refractivity contribution >= 4 is 0 Å². The molecule has 0 aromatic rings. The number of rotatable bonds is 3. The molecule has 0 aromatic heterocycles. The molecule has 0 radical (unpaired) electrons. The zero-order valence-corrected chi connectivity index (χ0v) is 8.34. The molecule has 2 unspecified atom stereocenters. The number of ether oxygens (including phenoxy) is 1. The van der Waals surface area contributed by atoms with E-state index in [0.29, 0.717) is 12.1 Å². The van der Waals surface area contributed by atoms with Crippen LogP contribution in [0.5, 0.6) is 0 Å². The van der Waals surface area contributed by atoms with Crippen molar-refractivity contribution in [3.05, 3.63) is 0 Å². The second-order valence-corrected chi connectivity index (χ2v) is 3.59. The fourth-order valence-electron chi connectivity index (χ4n) is 1.54. The third kappa shape index (κ3) is 2.73. The van der Waals surface area contributed by atoms with E-state index in [9.17, 15) is 0 Å². The first-order valence-corrected chi connectivity index (χ1v) is 4.74. The van der Waals surface area contributed by atoms with E-state index in [1.165, 1.54) is 0 Å². The number of hydrogen-bond donors (Lipinski definition) is 1. The molecule has 1 rings (SSSR count). The van der Waals surface area contributed by atoms with E-state index in [0.717, 1.165) is 26.2 Å². The van der Waals surface area contributed by atoms with Crippen molar-refractivity contribution in [3.63, 3.8) is 0 Å². The summed E-state index contributed by atoms with van der Waals surface area (Å²) in [6, 6.07) is 0.578. The molecular weight excluding hydrogens is 152 g/mol.